The first kappa shape index (κ1) is 14.6. The summed E-state index contributed by atoms with van der Waals surface area (Å²) in [6.07, 6.45) is -0.750. The molecular formula is C18H14BrClO. The quantitative estimate of drug-likeness (QED) is 0.625. The molecule has 0 aromatic heterocycles. The Hall–Kier alpha value is -1.35. The average Bonchev–Trinajstić information content (AvgIpc) is 2.50. The standard InChI is InChI=1S/C18H14BrClO/c1-11-6-8-15(14-5-3-2-4-13(11)14)18(21)16-10-12(19)7-9-17(16)20/h2-10,18,21H,1H3. The van der Waals surface area contributed by atoms with Crippen LogP contribution in [0, 0.1) is 6.92 Å². The van der Waals surface area contributed by atoms with Gasteiger partial charge in [-0.3, -0.25) is 0 Å². The van der Waals surface area contributed by atoms with Crippen LogP contribution in [0.3, 0.4) is 0 Å². The number of rotatable bonds is 2. The van der Waals surface area contributed by atoms with E-state index in [1.54, 1.807) is 6.07 Å². The van der Waals surface area contributed by atoms with Crippen molar-refractivity contribution >= 4 is 38.3 Å². The van der Waals surface area contributed by atoms with Crippen molar-refractivity contribution in [3.8, 4) is 0 Å². The Labute approximate surface area is 137 Å². The van der Waals surface area contributed by atoms with E-state index in [2.05, 4.69) is 28.9 Å². The number of aliphatic hydroxyl groups excluding tert-OH is 1. The number of aryl methyl sites for hydroxylation is 1. The van der Waals surface area contributed by atoms with E-state index in [1.807, 2.05) is 42.5 Å². The number of hydrogen-bond donors (Lipinski definition) is 1. The van der Waals surface area contributed by atoms with Crippen molar-refractivity contribution in [1.29, 1.82) is 0 Å². The zero-order valence-electron chi connectivity index (χ0n) is 11.5. The highest BCUT2D eigenvalue weighted by molar-refractivity contribution is 9.10. The summed E-state index contributed by atoms with van der Waals surface area (Å²) in [6, 6.07) is 17.6. The maximum absolute atomic E-state index is 10.8. The molecule has 0 radical (unpaired) electrons. The fourth-order valence-corrected chi connectivity index (χ4v) is 3.20. The third kappa shape index (κ3) is 2.71. The second-order valence-electron chi connectivity index (χ2n) is 5.09. The highest BCUT2D eigenvalue weighted by Gasteiger charge is 2.17. The van der Waals surface area contributed by atoms with Gasteiger partial charge in [0.15, 0.2) is 0 Å². The molecule has 3 aromatic rings. The molecule has 3 rings (SSSR count). The van der Waals surface area contributed by atoms with Gasteiger partial charge in [0.2, 0.25) is 0 Å². The summed E-state index contributed by atoms with van der Waals surface area (Å²) in [5.41, 5.74) is 2.78. The van der Waals surface area contributed by atoms with Crippen molar-refractivity contribution in [1.82, 2.24) is 0 Å². The molecule has 1 unspecified atom stereocenters. The van der Waals surface area contributed by atoms with Crippen LogP contribution in [0.2, 0.25) is 5.02 Å². The minimum atomic E-state index is -0.750. The van der Waals surface area contributed by atoms with Crippen LogP contribution in [0.25, 0.3) is 10.8 Å². The number of fused-ring (bicyclic) bond motifs is 1. The number of aliphatic hydroxyl groups is 1. The summed E-state index contributed by atoms with van der Waals surface area (Å²) in [4.78, 5) is 0. The lowest BCUT2D eigenvalue weighted by Crippen LogP contribution is -2.02. The molecule has 0 amide bonds. The number of halogens is 2. The Kier molecular flexibility index (Phi) is 4.03. The molecular weight excluding hydrogens is 348 g/mol. The fraction of sp³-hybridized carbons (Fsp3) is 0.111. The number of benzene rings is 3. The molecule has 0 aliphatic carbocycles. The molecule has 0 aliphatic heterocycles. The van der Waals surface area contributed by atoms with E-state index in [1.165, 1.54) is 5.56 Å². The van der Waals surface area contributed by atoms with Gasteiger partial charge < -0.3 is 5.11 Å². The van der Waals surface area contributed by atoms with Crippen molar-refractivity contribution in [2.45, 2.75) is 13.0 Å². The Morgan fingerprint density at radius 1 is 0.952 bits per heavy atom. The smallest absolute Gasteiger partial charge is 0.106 e. The summed E-state index contributed by atoms with van der Waals surface area (Å²) in [5.74, 6) is 0. The molecule has 0 heterocycles. The minimum absolute atomic E-state index is 0.565. The van der Waals surface area contributed by atoms with Gasteiger partial charge in [0.25, 0.3) is 0 Å². The van der Waals surface area contributed by atoms with Gasteiger partial charge in [-0.05, 0) is 47.0 Å². The SMILES string of the molecule is Cc1ccc(C(O)c2cc(Br)ccc2Cl)c2ccccc12. The van der Waals surface area contributed by atoms with Crippen LogP contribution in [0.4, 0.5) is 0 Å². The summed E-state index contributed by atoms with van der Waals surface area (Å²) in [5, 5.41) is 13.6. The van der Waals surface area contributed by atoms with Gasteiger partial charge >= 0.3 is 0 Å². The topological polar surface area (TPSA) is 20.2 Å². The summed E-state index contributed by atoms with van der Waals surface area (Å²) < 4.78 is 0.900. The van der Waals surface area contributed by atoms with Crippen LogP contribution in [-0.4, -0.2) is 5.11 Å². The molecule has 0 aliphatic rings. The molecule has 1 N–H and O–H groups in total. The highest BCUT2D eigenvalue weighted by Crippen LogP contribution is 2.34. The van der Waals surface area contributed by atoms with E-state index in [9.17, 15) is 5.11 Å². The Balaban J connectivity index is 2.20. The van der Waals surface area contributed by atoms with Gasteiger partial charge in [-0.25, -0.2) is 0 Å². The lowest BCUT2D eigenvalue weighted by atomic mass is 9.94. The molecule has 0 bridgehead atoms. The normalized spacial score (nSPS) is 12.6. The van der Waals surface area contributed by atoms with Crippen molar-refractivity contribution in [3.63, 3.8) is 0 Å². The van der Waals surface area contributed by atoms with Crippen molar-refractivity contribution in [3.05, 3.63) is 80.8 Å². The second-order valence-corrected chi connectivity index (χ2v) is 6.41. The van der Waals surface area contributed by atoms with E-state index in [-0.39, 0.29) is 0 Å². The largest absolute Gasteiger partial charge is 0.384 e. The third-order valence-corrected chi connectivity index (χ3v) is 4.56. The lowest BCUT2D eigenvalue weighted by molar-refractivity contribution is 0.222. The van der Waals surface area contributed by atoms with Gasteiger partial charge in [0, 0.05) is 15.1 Å². The van der Waals surface area contributed by atoms with Gasteiger partial charge in [-0.2, -0.15) is 0 Å². The van der Waals surface area contributed by atoms with Gasteiger partial charge in [0.05, 0.1) is 0 Å². The summed E-state index contributed by atoms with van der Waals surface area (Å²) in [7, 11) is 0. The Morgan fingerprint density at radius 3 is 2.43 bits per heavy atom. The maximum Gasteiger partial charge on any atom is 0.106 e. The second kappa shape index (κ2) is 5.80. The highest BCUT2D eigenvalue weighted by atomic mass is 79.9. The van der Waals surface area contributed by atoms with Gasteiger partial charge in [-0.1, -0.05) is 63.9 Å². The molecule has 3 aromatic carbocycles. The zero-order chi connectivity index (χ0) is 15.0. The molecule has 0 fully saturated rings. The summed E-state index contributed by atoms with van der Waals surface area (Å²) >= 11 is 9.67. The number of hydrogen-bond acceptors (Lipinski definition) is 1. The first-order valence-electron chi connectivity index (χ1n) is 6.69. The van der Waals surface area contributed by atoms with Crippen LogP contribution in [0.5, 0.6) is 0 Å². The fourth-order valence-electron chi connectivity index (χ4n) is 2.60. The van der Waals surface area contributed by atoms with Crippen LogP contribution in [0.15, 0.2) is 59.1 Å². The third-order valence-electron chi connectivity index (χ3n) is 3.72. The van der Waals surface area contributed by atoms with Crippen LogP contribution < -0.4 is 0 Å². The van der Waals surface area contributed by atoms with Crippen LogP contribution >= 0.6 is 27.5 Å². The predicted molar refractivity (Wildman–Crippen MR) is 91.9 cm³/mol. The maximum atomic E-state index is 10.8. The monoisotopic (exact) mass is 360 g/mol. The molecule has 3 heteroatoms. The lowest BCUT2D eigenvalue weighted by Gasteiger charge is -2.17. The van der Waals surface area contributed by atoms with E-state index in [0.29, 0.717) is 10.6 Å². The molecule has 1 atom stereocenters. The van der Waals surface area contributed by atoms with Crippen molar-refractivity contribution in [2.24, 2.45) is 0 Å². The molecule has 1 nitrogen and oxygen atoms in total. The average molecular weight is 362 g/mol. The van der Waals surface area contributed by atoms with E-state index in [4.69, 9.17) is 11.6 Å². The van der Waals surface area contributed by atoms with Crippen molar-refractivity contribution in [2.75, 3.05) is 0 Å². The van der Waals surface area contributed by atoms with E-state index < -0.39 is 6.10 Å². The Bertz CT molecular complexity index is 813. The van der Waals surface area contributed by atoms with Crippen molar-refractivity contribution < 1.29 is 5.11 Å². The molecule has 0 spiro atoms. The molecule has 0 saturated heterocycles. The first-order valence-corrected chi connectivity index (χ1v) is 7.86. The minimum Gasteiger partial charge on any atom is -0.384 e. The van der Waals surface area contributed by atoms with E-state index >= 15 is 0 Å². The van der Waals surface area contributed by atoms with E-state index in [0.717, 1.165) is 20.8 Å². The van der Waals surface area contributed by atoms with Gasteiger partial charge in [0.1, 0.15) is 6.10 Å². The Morgan fingerprint density at radius 2 is 1.67 bits per heavy atom. The van der Waals surface area contributed by atoms with Gasteiger partial charge in [-0.15, -0.1) is 0 Å². The molecule has 0 saturated carbocycles. The van der Waals surface area contributed by atoms with Crippen LogP contribution in [-0.2, 0) is 0 Å². The zero-order valence-corrected chi connectivity index (χ0v) is 13.8. The predicted octanol–water partition coefficient (Wildman–Crippen LogP) is 5.65. The van der Waals surface area contributed by atoms with Crippen LogP contribution in [0.1, 0.15) is 22.8 Å². The molecule has 106 valence electrons. The summed E-state index contributed by atoms with van der Waals surface area (Å²) in [6.45, 7) is 2.07. The molecule has 21 heavy (non-hydrogen) atoms. The first-order chi connectivity index (χ1) is 10.1.